The van der Waals surface area contributed by atoms with Crippen LogP contribution in [0.3, 0.4) is 0 Å². The predicted molar refractivity (Wildman–Crippen MR) is 194 cm³/mol. The SMILES string of the molecule is CC(=O)C[C@H](C(=O)NN(Cc1ccc(-c2ccccn2)cc1)C[C@H](O)[C@@H](CC(=O)[C@@H](NC(=O)CO)C(C)(C)C)Cc1ccccc1)C(C)(C)C. The number of Topliss-reactive ketones (excluding diaryl/α,β-unsaturated/α-hetero) is 2. The van der Waals surface area contributed by atoms with E-state index in [1.54, 1.807) is 11.2 Å². The van der Waals surface area contributed by atoms with Gasteiger partial charge in [-0.1, -0.05) is 102 Å². The van der Waals surface area contributed by atoms with Crippen LogP contribution >= 0.6 is 0 Å². The number of hydrogen-bond acceptors (Lipinski definition) is 8. The van der Waals surface area contributed by atoms with Crippen molar-refractivity contribution in [3.63, 3.8) is 0 Å². The molecular weight excluding hydrogens is 632 g/mol. The van der Waals surface area contributed by atoms with E-state index in [4.69, 9.17) is 0 Å². The second-order valence-corrected chi connectivity index (χ2v) is 15.3. The zero-order valence-corrected chi connectivity index (χ0v) is 30.5. The second kappa shape index (κ2) is 18.1. The summed E-state index contributed by atoms with van der Waals surface area (Å²) in [5, 5.41) is 25.6. The molecule has 1 aromatic heterocycles. The Morgan fingerprint density at radius 1 is 0.820 bits per heavy atom. The molecule has 4 N–H and O–H groups in total. The highest BCUT2D eigenvalue weighted by molar-refractivity contribution is 5.90. The Morgan fingerprint density at radius 3 is 2.00 bits per heavy atom. The van der Waals surface area contributed by atoms with Crippen LogP contribution in [0.25, 0.3) is 11.3 Å². The molecule has 0 fully saturated rings. The van der Waals surface area contributed by atoms with Crippen LogP contribution in [-0.2, 0) is 32.1 Å². The summed E-state index contributed by atoms with van der Waals surface area (Å²) in [5.74, 6) is -2.55. The maximum absolute atomic E-state index is 13.8. The van der Waals surface area contributed by atoms with Gasteiger partial charge in [0.15, 0.2) is 5.78 Å². The molecule has 10 heteroatoms. The third kappa shape index (κ3) is 12.6. The van der Waals surface area contributed by atoms with E-state index in [9.17, 15) is 29.4 Å². The van der Waals surface area contributed by atoms with E-state index >= 15 is 0 Å². The van der Waals surface area contributed by atoms with Crippen LogP contribution in [0.1, 0.15) is 72.4 Å². The van der Waals surface area contributed by atoms with Crippen LogP contribution in [0.2, 0.25) is 0 Å². The first kappa shape index (κ1) is 40.2. The molecule has 3 aromatic rings. The van der Waals surface area contributed by atoms with Crippen LogP contribution in [-0.4, -0.2) is 68.9 Å². The van der Waals surface area contributed by atoms with Crippen molar-refractivity contribution >= 4 is 23.4 Å². The molecule has 0 spiro atoms. The van der Waals surface area contributed by atoms with Crippen molar-refractivity contribution < 1.29 is 29.4 Å². The number of aliphatic hydroxyl groups is 2. The van der Waals surface area contributed by atoms with Crippen molar-refractivity contribution in [1.29, 1.82) is 0 Å². The van der Waals surface area contributed by atoms with E-state index in [0.29, 0.717) is 6.42 Å². The molecule has 270 valence electrons. The first-order valence-corrected chi connectivity index (χ1v) is 17.2. The molecule has 0 saturated carbocycles. The van der Waals surface area contributed by atoms with Crippen molar-refractivity contribution in [1.82, 2.24) is 20.7 Å². The van der Waals surface area contributed by atoms with Crippen molar-refractivity contribution in [2.24, 2.45) is 22.7 Å². The molecule has 4 atom stereocenters. The van der Waals surface area contributed by atoms with Crippen molar-refractivity contribution in [2.75, 3.05) is 13.2 Å². The number of benzene rings is 2. The molecule has 0 saturated heterocycles. The molecule has 2 aromatic carbocycles. The summed E-state index contributed by atoms with van der Waals surface area (Å²) in [6, 6.07) is 22.1. The predicted octanol–water partition coefficient (Wildman–Crippen LogP) is 4.93. The van der Waals surface area contributed by atoms with Gasteiger partial charge < -0.3 is 20.3 Å². The number of hydrazine groups is 1. The first-order valence-electron chi connectivity index (χ1n) is 17.2. The average molecular weight is 687 g/mol. The Kier molecular flexibility index (Phi) is 14.6. The largest absolute Gasteiger partial charge is 0.391 e. The normalized spacial score (nSPS) is 14.4. The number of carbonyl (C=O) groups is 4. The lowest BCUT2D eigenvalue weighted by molar-refractivity contribution is -0.138. The quantitative estimate of drug-likeness (QED) is 0.146. The summed E-state index contributed by atoms with van der Waals surface area (Å²) >= 11 is 0. The van der Waals surface area contributed by atoms with Gasteiger partial charge in [-0.25, -0.2) is 5.01 Å². The smallest absolute Gasteiger partial charge is 0.246 e. The molecule has 0 aliphatic heterocycles. The topological polar surface area (TPSA) is 149 Å². The minimum atomic E-state index is -1.08. The molecule has 0 unspecified atom stereocenters. The second-order valence-electron chi connectivity index (χ2n) is 15.3. The van der Waals surface area contributed by atoms with Gasteiger partial charge in [0.2, 0.25) is 11.8 Å². The summed E-state index contributed by atoms with van der Waals surface area (Å²) < 4.78 is 0. The molecule has 2 amide bonds. The van der Waals surface area contributed by atoms with E-state index in [1.807, 2.05) is 114 Å². The number of ketones is 2. The minimum Gasteiger partial charge on any atom is -0.391 e. The number of nitrogens with one attached hydrogen (secondary N) is 2. The van der Waals surface area contributed by atoms with Gasteiger partial charge in [-0.3, -0.25) is 24.8 Å². The molecule has 0 aliphatic carbocycles. The van der Waals surface area contributed by atoms with E-state index in [1.165, 1.54) is 6.92 Å². The number of rotatable bonds is 17. The van der Waals surface area contributed by atoms with Gasteiger partial charge in [-0.2, -0.15) is 0 Å². The molecule has 3 rings (SSSR count). The number of aliphatic hydroxyl groups excluding tert-OH is 2. The Balaban J connectivity index is 1.95. The fraction of sp³-hybridized carbons (Fsp3) is 0.475. The number of hydrogen-bond donors (Lipinski definition) is 4. The fourth-order valence-corrected chi connectivity index (χ4v) is 6.00. The molecular formula is C40H54N4O6. The van der Waals surface area contributed by atoms with Crippen LogP contribution in [0, 0.1) is 22.7 Å². The zero-order chi connectivity index (χ0) is 37.1. The van der Waals surface area contributed by atoms with E-state index in [0.717, 1.165) is 22.4 Å². The standard InChI is InChI=1S/C40H54N4O6/c1-27(46)21-32(39(2,3)4)38(50)43-44(24-29-16-18-30(19-17-29)33-15-11-12-20-41-33)25-35(48)31(22-28-13-9-8-10-14-28)23-34(47)37(40(5,6)7)42-36(49)26-45/h8-20,31-32,35,37,45,48H,21-26H2,1-7H3,(H,42,49)(H,43,50)/t31-,32-,35+,37-/m1/s1. The van der Waals surface area contributed by atoms with Crippen LogP contribution < -0.4 is 10.7 Å². The lowest BCUT2D eigenvalue weighted by atomic mass is 9.77. The number of aromatic nitrogens is 1. The van der Waals surface area contributed by atoms with Gasteiger partial charge in [-0.15, -0.1) is 0 Å². The van der Waals surface area contributed by atoms with Gasteiger partial charge in [0.1, 0.15) is 12.4 Å². The number of nitrogens with zero attached hydrogens (tertiary/aromatic N) is 2. The Bertz CT molecular complexity index is 1550. The summed E-state index contributed by atoms with van der Waals surface area (Å²) in [5.41, 5.74) is 5.40. The van der Waals surface area contributed by atoms with E-state index in [2.05, 4.69) is 15.7 Å². The highest BCUT2D eigenvalue weighted by atomic mass is 16.3. The highest BCUT2D eigenvalue weighted by Crippen LogP contribution is 2.30. The van der Waals surface area contributed by atoms with Crippen molar-refractivity contribution in [3.05, 3.63) is 90.1 Å². The third-order valence-electron chi connectivity index (χ3n) is 8.80. The summed E-state index contributed by atoms with van der Waals surface area (Å²) in [6.07, 6.45) is 1.04. The van der Waals surface area contributed by atoms with Crippen LogP contribution in [0.5, 0.6) is 0 Å². The van der Waals surface area contributed by atoms with Crippen molar-refractivity contribution in [3.8, 4) is 11.3 Å². The Hall–Kier alpha value is -4.25. The summed E-state index contributed by atoms with van der Waals surface area (Å²) in [7, 11) is 0. The Labute approximate surface area is 296 Å². The average Bonchev–Trinajstić information content (AvgIpc) is 3.05. The van der Waals surface area contributed by atoms with Crippen molar-refractivity contribution in [2.45, 2.75) is 86.4 Å². The number of carbonyl (C=O) groups excluding carboxylic acids is 4. The molecule has 10 nitrogen and oxygen atoms in total. The maximum atomic E-state index is 13.8. The number of amides is 2. The molecule has 0 bridgehead atoms. The van der Waals surface area contributed by atoms with Crippen LogP contribution in [0.15, 0.2) is 79.0 Å². The molecule has 0 aliphatic rings. The third-order valence-corrected chi connectivity index (χ3v) is 8.80. The maximum Gasteiger partial charge on any atom is 0.246 e. The minimum absolute atomic E-state index is 0.0152. The van der Waals surface area contributed by atoms with Gasteiger partial charge >= 0.3 is 0 Å². The van der Waals surface area contributed by atoms with E-state index < -0.39 is 47.3 Å². The van der Waals surface area contributed by atoms with Gasteiger partial charge in [0.05, 0.1) is 23.8 Å². The highest BCUT2D eigenvalue weighted by Gasteiger charge is 2.37. The number of pyridine rings is 1. The summed E-state index contributed by atoms with van der Waals surface area (Å²) in [4.78, 5) is 56.4. The zero-order valence-electron chi connectivity index (χ0n) is 30.5. The molecule has 50 heavy (non-hydrogen) atoms. The molecule has 1 heterocycles. The van der Waals surface area contributed by atoms with Gasteiger partial charge in [-0.05, 0) is 53.4 Å². The summed E-state index contributed by atoms with van der Waals surface area (Å²) in [6.45, 7) is 12.2. The van der Waals surface area contributed by atoms with Gasteiger partial charge in [0.25, 0.3) is 0 Å². The lowest BCUT2D eigenvalue weighted by Gasteiger charge is -2.35. The van der Waals surface area contributed by atoms with Crippen LogP contribution in [0.4, 0.5) is 0 Å². The lowest BCUT2D eigenvalue weighted by Crippen LogP contribution is -2.52. The van der Waals surface area contributed by atoms with Gasteiger partial charge in [0, 0.05) is 37.7 Å². The fourth-order valence-electron chi connectivity index (χ4n) is 6.00. The Morgan fingerprint density at radius 2 is 1.46 bits per heavy atom. The molecule has 0 radical (unpaired) electrons. The van der Waals surface area contributed by atoms with E-state index in [-0.39, 0.29) is 43.4 Å². The first-order chi connectivity index (χ1) is 23.5. The monoisotopic (exact) mass is 686 g/mol.